The fourth-order valence-corrected chi connectivity index (χ4v) is 2.32. The van der Waals surface area contributed by atoms with Crippen molar-refractivity contribution in [3.05, 3.63) is 41.5 Å². The van der Waals surface area contributed by atoms with Crippen LogP contribution in [0, 0.1) is 6.92 Å². The minimum absolute atomic E-state index is 0.0883. The van der Waals surface area contributed by atoms with Crippen molar-refractivity contribution >= 4 is 11.4 Å². The highest BCUT2D eigenvalue weighted by Gasteiger charge is 2.25. The average Bonchev–Trinajstić information content (AvgIpc) is 2.17. The molecule has 0 heterocycles. The van der Waals surface area contributed by atoms with E-state index in [1.807, 2.05) is 0 Å². The van der Waals surface area contributed by atoms with Gasteiger partial charge in [-0.25, -0.2) is 0 Å². The molecule has 0 N–H and O–H groups in total. The van der Waals surface area contributed by atoms with Crippen molar-refractivity contribution in [3.8, 4) is 0 Å². The lowest BCUT2D eigenvalue weighted by atomic mass is 9.78. The number of rotatable bonds is 1. The Bertz CT molecular complexity index is 429. The molecule has 1 aliphatic carbocycles. The fraction of sp³-hybridized carbons (Fsp3) is 0.357. The Hall–Kier alpha value is -1.37. The minimum Gasteiger partial charge on any atom is -0.299 e. The molecule has 1 aromatic carbocycles. The van der Waals surface area contributed by atoms with E-state index < -0.39 is 0 Å². The standard InChI is InChI=1S/C14H16O/c1-9-4-6-12-10(2)5-7-13(11(3)15)14(12)8-9/h4,6,8,13H,2,5,7H2,1,3H3. The highest BCUT2D eigenvalue weighted by molar-refractivity contribution is 5.87. The van der Waals surface area contributed by atoms with Crippen LogP contribution in [0.5, 0.6) is 0 Å². The van der Waals surface area contributed by atoms with Crippen LogP contribution in [-0.2, 0) is 4.79 Å². The molecule has 78 valence electrons. The molecule has 0 fully saturated rings. The first kappa shape index (κ1) is 10.2. The molecular formula is C14H16O. The van der Waals surface area contributed by atoms with Crippen LogP contribution in [-0.4, -0.2) is 5.78 Å². The fourth-order valence-electron chi connectivity index (χ4n) is 2.32. The second-order valence-electron chi connectivity index (χ2n) is 4.40. The first-order valence-electron chi connectivity index (χ1n) is 5.38. The summed E-state index contributed by atoms with van der Waals surface area (Å²) in [6, 6.07) is 6.32. The second kappa shape index (κ2) is 3.65. The van der Waals surface area contributed by atoms with Crippen LogP contribution in [0.25, 0.3) is 5.57 Å². The number of hydrogen-bond donors (Lipinski definition) is 0. The van der Waals surface area contributed by atoms with Crippen LogP contribution >= 0.6 is 0 Å². The van der Waals surface area contributed by atoms with Gasteiger partial charge in [-0.05, 0) is 43.4 Å². The van der Waals surface area contributed by atoms with Gasteiger partial charge in [-0.2, -0.15) is 0 Å². The van der Waals surface area contributed by atoms with E-state index in [9.17, 15) is 4.79 Å². The molecule has 0 bridgehead atoms. The summed E-state index contributed by atoms with van der Waals surface area (Å²) in [4.78, 5) is 11.5. The summed E-state index contributed by atoms with van der Waals surface area (Å²) in [5.41, 5.74) is 4.75. The quantitative estimate of drug-likeness (QED) is 0.678. The zero-order valence-corrected chi connectivity index (χ0v) is 9.34. The van der Waals surface area contributed by atoms with Gasteiger partial charge in [-0.15, -0.1) is 0 Å². The Balaban J connectivity index is 2.56. The third-order valence-corrected chi connectivity index (χ3v) is 3.19. The van der Waals surface area contributed by atoms with Crippen molar-refractivity contribution in [2.45, 2.75) is 32.6 Å². The third-order valence-electron chi connectivity index (χ3n) is 3.19. The van der Waals surface area contributed by atoms with Gasteiger partial charge >= 0.3 is 0 Å². The molecule has 1 unspecified atom stereocenters. The number of Topliss-reactive ketones (excluding diaryl/α,β-unsaturated/α-hetero) is 1. The topological polar surface area (TPSA) is 17.1 Å². The van der Waals surface area contributed by atoms with E-state index in [0.717, 1.165) is 12.8 Å². The van der Waals surface area contributed by atoms with Gasteiger partial charge in [-0.3, -0.25) is 4.79 Å². The Morgan fingerprint density at radius 2 is 2.20 bits per heavy atom. The number of ketones is 1. The molecule has 0 saturated carbocycles. The number of aryl methyl sites for hydroxylation is 1. The van der Waals surface area contributed by atoms with E-state index >= 15 is 0 Å². The maximum atomic E-state index is 11.5. The summed E-state index contributed by atoms with van der Waals surface area (Å²) in [7, 11) is 0. The van der Waals surface area contributed by atoms with Crippen molar-refractivity contribution in [2.75, 3.05) is 0 Å². The van der Waals surface area contributed by atoms with E-state index in [-0.39, 0.29) is 11.7 Å². The van der Waals surface area contributed by atoms with E-state index in [0.29, 0.717) is 0 Å². The number of carbonyl (C=O) groups excluding carboxylic acids is 1. The molecule has 0 aromatic heterocycles. The van der Waals surface area contributed by atoms with Crippen LogP contribution in [0.3, 0.4) is 0 Å². The van der Waals surface area contributed by atoms with Crippen LogP contribution in [0.2, 0.25) is 0 Å². The molecule has 0 aliphatic heterocycles. The van der Waals surface area contributed by atoms with Gasteiger partial charge in [0, 0.05) is 5.92 Å². The van der Waals surface area contributed by atoms with Crippen LogP contribution in [0.1, 0.15) is 42.4 Å². The predicted octanol–water partition coefficient (Wildman–Crippen LogP) is 3.47. The molecule has 1 atom stereocenters. The highest BCUT2D eigenvalue weighted by Crippen LogP contribution is 2.38. The van der Waals surface area contributed by atoms with Crippen molar-refractivity contribution in [3.63, 3.8) is 0 Å². The molecule has 2 rings (SSSR count). The molecule has 0 radical (unpaired) electrons. The maximum absolute atomic E-state index is 11.5. The lowest BCUT2D eigenvalue weighted by Crippen LogP contribution is -2.15. The van der Waals surface area contributed by atoms with Crippen LogP contribution in [0.15, 0.2) is 24.8 Å². The Labute approximate surface area is 90.8 Å². The first-order valence-corrected chi connectivity index (χ1v) is 5.38. The average molecular weight is 200 g/mol. The Morgan fingerprint density at radius 1 is 1.47 bits per heavy atom. The maximum Gasteiger partial charge on any atom is 0.137 e. The van der Waals surface area contributed by atoms with Gasteiger partial charge in [0.2, 0.25) is 0 Å². The Morgan fingerprint density at radius 3 is 2.87 bits per heavy atom. The number of carbonyl (C=O) groups is 1. The summed E-state index contributed by atoms with van der Waals surface area (Å²) < 4.78 is 0. The molecule has 1 heteroatoms. The normalized spacial score (nSPS) is 19.9. The van der Waals surface area contributed by atoms with E-state index in [1.54, 1.807) is 6.92 Å². The molecule has 0 amide bonds. The van der Waals surface area contributed by atoms with Crippen LogP contribution < -0.4 is 0 Å². The number of benzene rings is 1. The molecule has 0 saturated heterocycles. The van der Waals surface area contributed by atoms with E-state index in [4.69, 9.17) is 0 Å². The third kappa shape index (κ3) is 1.74. The van der Waals surface area contributed by atoms with Gasteiger partial charge < -0.3 is 0 Å². The molecule has 1 aliphatic rings. The van der Waals surface area contributed by atoms with Gasteiger partial charge in [-0.1, -0.05) is 30.3 Å². The first-order chi connectivity index (χ1) is 7.09. The summed E-state index contributed by atoms with van der Waals surface area (Å²) >= 11 is 0. The number of fused-ring (bicyclic) bond motifs is 1. The monoisotopic (exact) mass is 200 g/mol. The zero-order chi connectivity index (χ0) is 11.0. The summed E-state index contributed by atoms with van der Waals surface area (Å²) in [5, 5.41) is 0. The molecule has 0 spiro atoms. The summed E-state index contributed by atoms with van der Waals surface area (Å²) in [6.45, 7) is 7.82. The van der Waals surface area contributed by atoms with Gasteiger partial charge in [0.15, 0.2) is 0 Å². The number of hydrogen-bond acceptors (Lipinski definition) is 1. The zero-order valence-electron chi connectivity index (χ0n) is 9.34. The summed E-state index contributed by atoms with van der Waals surface area (Å²) in [6.07, 6.45) is 1.87. The largest absolute Gasteiger partial charge is 0.299 e. The van der Waals surface area contributed by atoms with Crippen molar-refractivity contribution in [1.82, 2.24) is 0 Å². The van der Waals surface area contributed by atoms with Crippen molar-refractivity contribution < 1.29 is 4.79 Å². The summed E-state index contributed by atoms with van der Waals surface area (Å²) in [5.74, 6) is 0.361. The Kier molecular flexibility index (Phi) is 2.47. The molecular weight excluding hydrogens is 184 g/mol. The molecule has 1 aromatic rings. The lowest BCUT2D eigenvalue weighted by Gasteiger charge is -2.25. The molecule has 1 nitrogen and oxygen atoms in total. The minimum atomic E-state index is 0.0883. The van der Waals surface area contributed by atoms with Gasteiger partial charge in [0.1, 0.15) is 5.78 Å². The van der Waals surface area contributed by atoms with Crippen molar-refractivity contribution in [1.29, 1.82) is 0 Å². The van der Waals surface area contributed by atoms with Crippen LogP contribution in [0.4, 0.5) is 0 Å². The number of allylic oxidation sites excluding steroid dienone is 1. The molecule has 15 heavy (non-hydrogen) atoms. The predicted molar refractivity (Wildman–Crippen MR) is 62.9 cm³/mol. The second-order valence-corrected chi connectivity index (χ2v) is 4.40. The lowest BCUT2D eigenvalue weighted by molar-refractivity contribution is -0.118. The van der Waals surface area contributed by atoms with Gasteiger partial charge in [0.25, 0.3) is 0 Å². The van der Waals surface area contributed by atoms with E-state index in [1.165, 1.54) is 22.3 Å². The van der Waals surface area contributed by atoms with E-state index in [2.05, 4.69) is 31.7 Å². The highest BCUT2D eigenvalue weighted by atomic mass is 16.1. The smallest absolute Gasteiger partial charge is 0.137 e. The van der Waals surface area contributed by atoms with Crippen molar-refractivity contribution in [2.24, 2.45) is 0 Å². The SMILES string of the molecule is C=C1CCC(C(C)=O)c2cc(C)ccc21. The van der Waals surface area contributed by atoms with Gasteiger partial charge in [0.05, 0.1) is 0 Å².